The van der Waals surface area contributed by atoms with Crippen LogP contribution in [-0.4, -0.2) is 48.2 Å². The van der Waals surface area contributed by atoms with Crippen LogP contribution < -0.4 is 5.32 Å². The van der Waals surface area contributed by atoms with Crippen molar-refractivity contribution in [2.24, 2.45) is 0 Å². The van der Waals surface area contributed by atoms with Crippen LogP contribution in [0.15, 0.2) is 18.2 Å². The van der Waals surface area contributed by atoms with Gasteiger partial charge in [0.15, 0.2) is 0 Å². The molecule has 1 fully saturated rings. The summed E-state index contributed by atoms with van der Waals surface area (Å²) in [6, 6.07) is 3.02. The van der Waals surface area contributed by atoms with Crippen molar-refractivity contribution in [3.63, 3.8) is 0 Å². The molecule has 6 nitrogen and oxygen atoms in total. The highest BCUT2D eigenvalue weighted by molar-refractivity contribution is 5.97. The molecule has 2 amide bonds. The van der Waals surface area contributed by atoms with E-state index < -0.39 is 17.8 Å². The molecule has 1 atom stereocenters. The van der Waals surface area contributed by atoms with E-state index in [1.807, 2.05) is 0 Å². The van der Waals surface area contributed by atoms with Gasteiger partial charge in [0.2, 0.25) is 0 Å². The Morgan fingerprint density at radius 3 is 2.95 bits per heavy atom. The lowest BCUT2D eigenvalue weighted by Crippen LogP contribution is -2.38. The number of likely N-dealkylation sites (tertiary alicyclic amines) is 1. The summed E-state index contributed by atoms with van der Waals surface area (Å²) in [5.74, 6) is -1.31. The minimum absolute atomic E-state index is 0.0799. The van der Waals surface area contributed by atoms with E-state index in [0.717, 1.165) is 18.2 Å². The molecule has 1 aliphatic heterocycles. The fourth-order valence-electron chi connectivity index (χ4n) is 2.14. The van der Waals surface area contributed by atoms with Gasteiger partial charge in [-0.15, -0.1) is 0 Å². The zero-order valence-corrected chi connectivity index (χ0v) is 10.9. The van der Waals surface area contributed by atoms with Crippen LogP contribution in [0.2, 0.25) is 0 Å². The summed E-state index contributed by atoms with van der Waals surface area (Å²) in [6.07, 6.45) is 0.0228. The van der Waals surface area contributed by atoms with Crippen LogP contribution in [0.1, 0.15) is 16.8 Å². The Balaban J connectivity index is 2.04. The second-order valence-corrected chi connectivity index (χ2v) is 4.53. The predicted octanol–water partition coefficient (Wildman–Crippen LogP) is 1.10. The topological polar surface area (TPSA) is 78.9 Å². The van der Waals surface area contributed by atoms with E-state index in [1.165, 1.54) is 12.0 Å². The van der Waals surface area contributed by atoms with Crippen LogP contribution in [0.3, 0.4) is 0 Å². The van der Waals surface area contributed by atoms with Crippen molar-refractivity contribution in [2.75, 3.05) is 20.2 Å². The molecule has 0 spiro atoms. The molecule has 1 aromatic rings. The molecule has 0 saturated carbocycles. The molecule has 1 aromatic carbocycles. The average Bonchev–Trinajstić information content (AvgIpc) is 2.89. The number of carbonyl (C=O) groups excluding carboxylic acids is 2. The molecule has 0 radical (unpaired) electrons. The molecule has 1 unspecified atom stereocenters. The van der Waals surface area contributed by atoms with Crippen molar-refractivity contribution in [3.8, 4) is 5.75 Å². The van der Waals surface area contributed by atoms with Crippen LogP contribution in [0.4, 0.5) is 9.18 Å². The van der Waals surface area contributed by atoms with Gasteiger partial charge in [-0.25, -0.2) is 9.18 Å². The van der Waals surface area contributed by atoms with Gasteiger partial charge in [-0.3, -0.25) is 4.79 Å². The fraction of sp³-hybridized carbons (Fsp3) is 0.385. The first-order valence-corrected chi connectivity index (χ1v) is 6.13. The summed E-state index contributed by atoms with van der Waals surface area (Å²) in [5, 5.41) is 12.2. The molecule has 108 valence electrons. The number of nitrogens with zero attached hydrogens (tertiary/aromatic N) is 1. The monoisotopic (exact) mass is 282 g/mol. The van der Waals surface area contributed by atoms with Gasteiger partial charge in [-0.1, -0.05) is 0 Å². The fourth-order valence-corrected chi connectivity index (χ4v) is 2.14. The van der Waals surface area contributed by atoms with E-state index in [0.29, 0.717) is 19.5 Å². The normalized spacial score (nSPS) is 17.9. The molecular formula is C13H15FN2O4. The molecule has 2 rings (SSSR count). The molecule has 20 heavy (non-hydrogen) atoms. The molecular weight excluding hydrogens is 267 g/mol. The molecule has 0 aliphatic carbocycles. The Bertz CT molecular complexity index is 535. The van der Waals surface area contributed by atoms with Crippen LogP contribution in [0.5, 0.6) is 5.75 Å². The van der Waals surface area contributed by atoms with Crippen molar-refractivity contribution in [3.05, 3.63) is 29.6 Å². The van der Waals surface area contributed by atoms with E-state index >= 15 is 0 Å². The number of phenols is 1. The molecule has 1 heterocycles. The van der Waals surface area contributed by atoms with Crippen molar-refractivity contribution in [1.82, 2.24) is 10.2 Å². The SMILES string of the molecule is COC(=O)NC1CCN(C(=O)c2cc(F)ccc2O)C1. The predicted molar refractivity (Wildman–Crippen MR) is 67.9 cm³/mol. The van der Waals surface area contributed by atoms with E-state index in [4.69, 9.17) is 0 Å². The van der Waals surface area contributed by atoms with Gasteiger partial charge in [-0.05, 0) is 24.6 Å². The number of rotatable bonds is 2. The van der Waals surface area contributed by atoms with Crippen molar-refractivity contribution in [2.45, 2.75) is 12.5 Å². The first kappa shape index (κ1) is 14.1. The average molecular weight is 282 g/mol. The van der Waals surface area contributed by atoms with Crippen molar-refractivity contribution < 1.29 is 23.8 Å². The van der Waals surface area contributed by atoms with Crippen LogP contribution in [0.25, 0.3) is 0 Å². The number of halogens is 1. The molecule has 1 aliphatic rings. The van der Waals surface area contributed by atoms with Crippen LogP contribution >= 0.6 is 0 Å². The molecule has 0 aromatic heterocycles. The zero-order chi connectivity index (χ0) is 14.7. The lowest BCUT2D eigenvalue weighted by Gasteiger charge is -2.17. The van der Waals surface area contributed by atoms with Gasteiger partial charge in [0, 0.05) is 13.1 Å². The summed E-state index contributed by atoms with van der Waals surface area (Å²) in [6.45, 7) is 0.716. The number of benzene rings is 1. The van der Waals surface area contributed by atoms with Crippen LogP contribution in [-0.2, 0) is 4.74 Å². The summed E-state index contributed by atoms with van der Waals surface area (Å²) in [4.78, 5) is 24.7. The third kappa shape index (κ3) is 2.98. The highest BCUT2D eigenvalue weighted by Gasteiger charge is 2.29. The van der Waals surface area contributed by atoms with Gasteiger partial charge in [0.05, 0.1) is 18.7 Å². The summed E-state index contributed by atoms with van der Waals surface area (Å²) in [7, 11) is 1.26. The first-order chi connectivity index (χ1) is 9.51. The number of nitrogens with one attached hydrogen (secondary N) is 1. The minimum Gasteiger partial charge on any atom is -0.507 e. The third-order valence-corrected chi connectivity index (χ3v) is 3.17. The van der Waals surface area contributed by atoms with Gasteiger partial charge in [-0.2, -0.15) is 0 Å². The van der Waals surface area contributed by atoms with Crippen molar-refractivity contribution in [1.29, 1.82) is 0 Å². The Morgan fingerprint density at radius 2 is 2.25 bits per heavy atom. The quantitative estimate of drug-likeness (QED) is 0.851. The summed E-state index contributed by atoms with van der Waals surface area (Å²) >= 11 is 0. The molecule has 1 saturated heterocycles. The first-order valence-electron chi connectivity index (χ1n) is 6.13. The number of ether oxygens (including phenoxy) is 1. The Labute approximate surface area is 115 Å². The highest BCUT2D eigenvalue weighted by atomic mass is 19.1. The van der Waals surface area contributed by atoms with Gasteiger partial charge in [0.25, 0.3) is 5.91 Å². The lowest BCUT2D eigenvalue weighted by molar-refractivity contribution is 0.0784. The van der Waals surface area contributed by atoms with E-state index in [2.05, 4.69) is 10.1 Å². The smallest absolute Gasteiger partial charge is 0.407 e. The number of carbonyl (C=O) groups is 2. The number of amides is 2. The highest BCUT2D eigenvalue weighted by Crippen LogP contribution is 2.22. The maximum atomic E-state index is 13.1. The number of phenolic OH excluding ortho intramolecular Hbond substituents is 1. The van der Waals surface area contributed by atoms with Gasteiger partial charge >= 0.3 is 6.09 Å². The summed E-state index contributed by atoms with van der Waals surface area (Å²) < 4.78 is 17.6. The zero-order valence-electron chi connectivity index (χ0n) is 10.9. The summed E-state index contributed by atoms with van der Waals surface area (Å²) in [5.41, 5.74) is -0.0799. The maximum Gasteiger partial charge on any atom is 0.407 e. The van der Waals surface area contributed by atoms with E-state index in [-0.39, 0.29) is 17.4 Å². The van der Waals surface area contributed by atoms with Crippen LogP contribution in [0, 0.1) is 5.82 Å². The maximum absolute atomic E-state index is 13.1. The number of hydrogen-bond acceptors (Lipinski definition) is 4. The van der Waals surface area contributed by atoms with E-state index in [1.54, 1.807) is 0 Å². The number of hydrogen-bond donors (Lipinski definition) is 2. The number of methoxy groups -OCH3 is 1. The minimum atomic E-state index is -0.588. The second kappa shape index (κ2) is 5.77. The van der Waals surface area contributed by atoms with Gasteiger partial charge in [0.1, 0.15) is 11.6 Å². The molecule has 2 N–H and O–H groups in total. The lowest BCUT2D eigenvalue weighted by atomic mass is 10.1. The number of alkyl carbamates (subject to hydrolysis) is 1. The second-order valence-electron chi connectivity index (χ2n) is 4.53. The Morgan fingerprint density at radius 1 is 1.50 bits per heavy atom. The molecule has 0 bridgehead atoms. The third-order valence-electron chi connectivity index (χ3n) is 3.17. The standard InChI is InChI=1S/C13H15FN2O4/c1-20-13(19)15-9-4-5-16(7-9)12(18)10-6-8(14)2-3-11(10)17/h2-3,6,9,17H,4-5,7H2,1H3,(H,15,19). The van der Waals surface area contributed by atoms with Crippen molar-refractivity contribution >= 4 is 12.0 Å². The number of aromatic hydroxyl groups is 1. The Hall–Kier alpha value is -2.31. The van der Waals surface area contributed by atoms with E-state index in [9.17, 15) is 19.1 Å². The molecule has 7 heteroatoms. The largest absolute Gasteiger partial charge is 0.507 e. The Kier molecular flexibility index (Phi) is 4.07. The van der Waals surface area contributed by atoms with Gasteiger partial charge < -0.3 is 20.1 Å².